The zero-order valence-corrected chi connectivity index (χ0v) is 32.6. The van der Waals surface area contributed by atoms with Crippen molar-refractivity contribution in [2.24, 2.45) is 16.5 Å². The smallest absolute Gasteiger partial charge is 0.248 e. The number of ketones is 1. The van der Waals surface area contributed by atoms with Gasteiger partial charge in [0.05, 0.1) is 22.2 Å². The normalized spacial score (nSPS) is 20.1. The number of fused-ring (bicyclic) bond motifs is 10. The number of Topliss-reactive ketones (excluding diaryl/α,β-unsaturated/α-hetero) is 1. The van der Waals surface area contributed by atoms with E-state index >= 15 is 0 Å². The van der Waals surface area contributed by atoms with Crippen molar-refractivity contribution in [1.29, 1.82) is 0 Å². The number of carbonyl (C=O) groups excluding carboxylic acids is 3. The van der Waals surface area contributed by atoms with Crippen molar-refractivity contribution >= 4 is 67.4 Å². The highest BCUT2D eigenvalue weighted by Crippen LogP contribution is 2.56. The maximum Gasteiger partial charge on any atom is 0.248 e. The van der Waals surface area contributed by atoms with Crippen LogP contribution in [0.2, 0.25) is 0 Å². The number of nitrogens with one attached hydrogen (secondary N) is 3. The summed E-state index contributed by atoms with van der Waals surface area (Å²) >= 11 is 0. The Hall–Kier alpha value is -8.50. The highest BCUT2D eigenvalue weighted by atomic mass is 16.3. The Morgan fingerprint density at radius 2 is 1.11 bits per heavy atom. The Morgan fingerprint density at radius 3 is 1.82 bits per heavy atom. The van der Waals surface area contributed by atoms with Crippen LogP contribution < -0.4 is 38.0 Å². The first-order valence-electron chi connectivity index (χ1n) is 20.3. The number of anilines is 3. The van der Waals surface area contributed by atoms with Crippen LogP contribution >= 0.6 is 0 Å². The van der Waals surface area contributed by atoms with Gasteiger partial charge < -0.3 is 32.5 Å². The first-order valence-corrected chi connectivity index (χ1v) is 20.3. The summed E-state index contributed by atoms with van der Waals surface area (Å²) in [4.78, 5) is 45.6. The van der Waals surface area contributed by atoms with E-state index in [-0.39, 0.29) is 22.7 Å². The van der Waals surface area contributed by atoms with E-state index in [2.05, 4.69) is 22.0 Å². The number of rotatable bonds is 3. The zero-order valence-electron chi connectivity index (χ0n) is 32.6. The number of aliphatic hydroxyl groups excluding tert-OH is 1. The van der Waals surface area contributed by atoms with Crippen molar-refractivity contribution in [1.82, 2.24) is 0 Å². The Kier molecular flexibility index (Phi) is 6.44. The zero-order chi connectivity index (χ0) is 41.8. The molecule has 8 N–H and O–H groups in total. The number of benzene rings is 8. The lowest BCUT2D eigenvalue weighted by molar-refractivity contribution is -0.109. The molecule has 13 rings (SSSR count). The first-order chi connectivity index (χ1) is 30.2. The van der Waals surface area contributed by atoms with Gasteiger partial charge in [-0.2, -0.15) is 0 Å². The lowest BCUT2D eigenvalue weighted by Crippen LogP contribution is -2.45. The number of aliphatic hydroxyl groups is 1. The molecule has 5 aliphatic rings. The van der Waals surface area contributed by atoms with Gasteiger partial charge in [0, 0.05) is 66.3 Å². The minimum atomic E-state index is -1.17. The third kappa shape index (κ3) is 4.17. The molecule has 8 aromatic rings. The summed E-state index contributed by atoms with van der Waals surface area (Å²) in [5, 5.41) is 28.3. The molecule has 2 unspecified atom stereocenters. The van der Waals surface area contributed by atoms with Crippen molar-refractivity contribution in [3.63, 3.8) is 0 Å². The molecule has 0 radical (unpaired) electrons. The fourth-order valence-electron chi connectivity index (χ4n) is 10.7. The second kappa shape index (κ2) is 11.6. The molecule has 8 aromatic carbocycles. The van der Waals surface area contributed by atoms with Gasteiger partial charge in [0.2, 0.25) is 17.6 Å². The molecule has 0 bridgehead atoms. The number of hydrogen-bond acceptors (Lipinski definition) is 8. The molecule has 62 heavy (non-hydrogen) atoms. The van der Waals surface area contributed by atoms with E-state index in [4.69, 9.17) is 16.5 Å². The van der Waals surface area contributed by atoms with Gasteiger partial charge in [-0.15, -0.1) is 0 Å². The molecule has 2 heterocycles. The predicted molar refractivity (Wildman–Crippen MR) is 240 cm³/mol. The Balaban J connectivity index is 1.06. The SMILES string of the molecule is NC(=O)c1ccc2c(c1)C1(N=c3/c(=C4\C(=O)C(c5ccc6cccc7c6c5NC5(N7)c6ccccc6-c6ccc(C(N)=O)cc65)=C4O)ccc4cccc(c34)N1)c1ccccc1-2. The fraction of sp³-hybridized carbons (Fsp3) is 0.0385. The minimum Gasteiger partial charge on any atom is -0.506 e. The van der Waals surface area contributed by atoms with E-state index in [0.717, 1.165) is 77.4 Å². The Bertz CT molecular complexity index is 3690. The average molecular weight is 805 g/mol. The quantitative estimate of drug-likeness (QED) is 0.107. The van der Waals surface area contributed by atoms with Crippen LogP contribution in [0, 0.1) is 0 Å². The van der Waals surface area contributed by atoms with Crippen LogP contribution in [0.5, 0.6) is 0 Å². The number of primary amides is 2. The molecule has 0 saturated carbocycles. The van der Waals surface area contributed by atoms with Crippen molar-refractivity contribution in [3.8, 4) is 22.3 Å². The molecule has 10 heteroatoms. The van der Waals surface area contributed by atoms with Crippen LogP contribution in [0.3, 0.4) is 0 Å². The molecular weight excluding hydrogens is 773 g/mol. The number of carbonyl (C=O) groups is 3. The Morgan fingerprint density at radius 1 is 0.532 bits per heavy atom. The van der Waals surface area contributed by atoms with E-state index < -0.39 is 23.1 Å². The first kappa shape index (κ1) is 34.4. The summed E-state index contributed by atoms with van der Waals surface area (Å²) in [5.74, 6) is -1.56. The van der Waals surface area contributed by atoms with Crippen LogP contribution in [0.15, 0.2) is 156 Å². The molecule has 10 nitrogen and oxygen atoms in total. The summed E-state index contributed by atoms with van der Waals surface area (Å²) in [7, 11) is 0. The summed E-state index contributed by atoms with van der Waals surface area (Å²) < 4.78 is 0. The van der Waals surface area contributed by atoms with Gasteiger partial charge >= 0.3 is 0 Å². The van der Waals surface area contributed by atoms with E-state index in [0.29, 0.717) is 33.0 Å². The topological polar surface area (TPSA) is 172 Å². The standard InChI is InChI=1S/C52H32N6O4/c53-49(61)27-17-19-31-29-9-1-3-11-35(29)51(37(31)23-27)55-39-13-5-7-25-15-21-33(45(57-51)41(25)39)43-47(59)44(48(43)60)34-22-16-26-8-6-14-40-42(26)46(34)58-52(56-40)36-12-4-2-10-30(36)32-20-18-28(50(54)62)24-38(32)52/h1-24,55-57,59H,(H2,53,61)(H2,54,62)/b44-34-. The van der Waals surface area contributed by atoms with Crippen LogP contribution in [-0.2, 0) is 16.1 Å². The number of nitrogens with zero attached hydrogens (tertiary/aromatic N) is 1. The molecule has 294 valence electrons. The van der Waals surface area contributed by atoms with Crippen LogP contribution in [0.4, 0.5) is 17.1 Å². The summed E-state index contributed by atoms with van der Waals surface area (Å²) in [6.07, 6.45) is 0. The highest BCUT2D eigenvalue weighted by Gasteiger charge is 2.49. The van der Waals surface area contributed by atoms with E-state index in [1.807, 2.05) is 121 Å². The molecule has 0 saturated heterocycles. The molecule has 2 atom stereocenters. The second-order valence-corrected chi connectivity index (χ2v) is 16.5. The molecule has 2 spiro atoms. The van der Waals surface area contributed by atoms with Gasteiger partial charge in [-0.1, -0.05) is 109 Å². The van der Waals surface area contributed by atoms with Crippen LogP contribution in [0.25, 0.3) is 54.9 Å². The maximum atomic E-state index is 15.0. The lowest BCUT2D eigenvalue weighted by Gasteiger charge is -2.41. The number of amides is 2. The second-order valence-electron chi connectivity index (χ2n) is 16.5. The van der Waals surface area contributed by atoms with Gasteiger partial charge in [0.25, 0.3) is 0 Å². The van der Waals surface area contributed by atoms with Crippen molar-refractivity contribution < 1.29 is 19.5 Å². The van der Waals surface area contributed by atoms with Crippen LogP contribution in [-0.4, -0.2) is 22.7 Å². The number of allylic oxidation sites excluding steroid dienone is 2. The monoisotopic (exact) mass is 804 g/mol. The molecule has 3 aliphatic carbocycles. The largest absolute Gasteiger partial charge is 0.506 e. The summed E-state index contributed by atoms with van der Waals surface area (Å²) in [5.41, 5.74) is 20.5. The van der Waals surface area contributed by atoms with Crippen molar-refractivity contribution in [2.45, 2.75) is 11.3 Å². The maximum absolute atomic E-state index is 15.0. The lowest BCUT2D eigenvalue weighted by atomic mass is 9.79. The molecular formula is C52H32N6O4. The third-order valence-electron chi connectivity index (χ3n) is 13.4. The van der Waals surface area contributed by atoms with Gasteiger partial charge in [-0.3, -0.25) is 14.4 Å². The van der Waals surface area contributed by atoms with E-state index in [1.165, 1.54) is 0 Å². The van der Waals surface area contributed by atoms with Crippen molar-refractivity contribution in [3.05, 3.63) is 201 Å². The third-order valence-corrected chi connectivity index (χ3v) is 13.4. The predicted octanol–water partition coefficient (Wildman–Crippen LogP) is 7.54. The highest BCUT2D eigenvalue weighted by molar-refractivity contribution is 6.52. The van der Waals surface area contributed by atoms with Gasteiger partial charge in [0.1, 0.15) is 5.76 Å². The van der Waals surface area contributed by atoms with Gasteiger partial charge in [-0.25, -0.2) is 4.99 Å². The molecule has 2 aliphatic heterocycles. The Labute approximate surface area is 352 Å². The molecule has 0 aromatic heterocycles. The summed E-state index contributed by atoms with van der Waals surface area (Å²) in [6, 6.07) is 46.5. The minimum absolute atomic E-state index is 0.139. The average Bonchev–Trinajstić information content (AvgIpc) is 3.70. The van der Waals surface area contributed by atoms with Crippen LogP contribution in [0.1, 0.15) is 48.5 Å². The fourth-order valence-corrected chi connectivity index (χ4v) is 10.7. The molecule has 0 fully saturated rings. The summed E-state index contributed by atoms with van der Waals surface area (Å²) in [6.45, 7) is 0. The van der Waals surface area contributed by atoms with Gasteiger partial charge in [-0.05, 0) is 69.4 Å². The van der Waals surface area contributed by atoms with Gasteiger partial charge in [0.15, 0.2) is 11.3 Å². The van der Waals surface area contributed by atoms with Crippen molar-refractivity contribution in [2.75, 3.05) is 16.0 Å². The molecule has 2 amide bonds. The number of hydrogen-bond donors (Lipinski definition) is 6. The van der Waals surface area contributed by atoms with E-state index in [1.54, 1.807) is 18.2 Å². The van der Waals surface area contributed by atoms with E-state index in [9.17, 15) is 19.5 Å². The number of nitrogens with two attached hydrogens (primary N) is 2.